The molecule has 0 spiro atoms. The van der Waals surface area contributed by atoms with Crippen molar-refractivity contribution in [1.82, 2.24) is 20.0 Å². The van der Waals surface area contributed by atoms with E-state index in [4.69, 9.17) is 4.74 Å². The lowest BCUT2D eigenvalue weighted by Crippen LogP contribution is -2.55. The number of amides is 2. The third-order valence-corrected chi connectivity index (χ3v) is 8.60. The number of piperidine rings is 1. The molecule has 1 aromatic heterocycles. The fourth-order valence-electron chi connectivity index (χ4n) is 7.03. The molecule has 192 valence electrons. The van der Waals surface area contributed by atoms with E-state index in [-0.39, 0.29) is 30.3 Å². The first kappa shape index (κ1) is 24.1. The molecule has 4 saturated carbocycles. The van der Waals surface area contributed by atoms with Crippen LogP contribution in [-0.4, -0.2) is 63.3 Å². The number of aromatic nitrogens is 2. The molecule has 1 aromatic rings. The van der Waals surface area contributed by atoms with E-state index in [1.54, 1.807) is 4.90 Å². The van der Waals surface area contributed by atoms with Gasteiger partial charge < -0.3 is 20.1 Å². The van der Waals surface area contributed by atoms with Crippen molar-refractivity contribution in [2.75, 3.05) is 19.7 Å². The van der Waals surface area contributed by atoms with Crippen LogP contribution in [0.3, 0.4) is 0 Å². The second-order valence-corrected chi connectivity index (χ2v) is 11.6. The largest absolute Gasteiger partial charge is 0.481 e. The van der Waals surface area contributed by atoms with Crippen molar-refractivity contribution in [2.24, 2.45) is 35.5 Å². The van der Waals surface area contributed by atoms with E-state index in [0.717, 1.165) is 11.8 Å². The first-order valence-corrected chi connectivity index (χ1v) is 13.3. The van der Waals surface area contributed by atoms with Gasteiger partial charge in [0.15, 0.2) is 0 Å². The Hall–Kier alpha value is -2.58. The van der Waals surface area contributed by atoms with Crippen LogP contribution < -0.4 is 10.1 Å². The lowest BCUT2D eigenvalue weighted by atomic mass is 9.54. The SMILES string of the molecule is CC(C)COc1c(C(=O)NC2C3CC4CC(C3)CC2C4)cnn1CC(=O)N1CCC(C(=O)O)CC1. The van der Waals surface area contributed by atoms with Crippen molar-refractivity contribution < 1.29 is 24.2 Å². The third kappa shape index (κ3) is 5.05. The highest BCUT2D eigenvalue weighted by Crippen LogP contribution is 2.53. The normalized spacial score (nSPS) is 30.0. The fourth-order valence-corrected chi connectivity index (χ4v) is 7.03. The van der Waals surface area contributed by atoms with Crippen LogP contribution in [0.5, 0.6) is 5.88 Å². The second-order valence-electron chi connectivity index (χ2n) is 11.6. The minimum atomic E-state index is -0.802. The molecule has 4 bridgehead atoms. The highest BCUT2D eigenvalue weighted by Gasteiger charge is 2.48. The Kier molecular flexibility index (Phi) is 6.77. The summed E-state index contributed by atoms with van der Waals surface area (Å²) in [6, 6.07) is 0.216. The lowest BCUT2D eigenvalue weighted by Gasteiger charge is -2.54. The Morgan fingerprint density at radius 2 is 1.71 bits per heavy atom. The molecule has 0 aromatic carbocycles. The van der Waals surface area contributed by atoms with Crippen LogP contribution in [0.1, 0.15) is 69.2 Å². The van der Waals surface area contributed by atoms with Crippen molar-refractivity contribution in [3.05, 3.63) is 11.8 Å². The number of carboxylic acid groups (broad SMARTS) is 1. The molecule has 2 heterocycles. The summed E-state index contributed by atoms with van der Waals surface area (Å²) < 4.78 is 7.51. The van der Waals surface area contributed by atoms with Crippen LogP contribution in [0.4, 0.5) is 0 Å². The zero-order valence-corrected chi connectivity index (χ0v) is 20.8. The van der Waals surface area contributed by atoms with Gasteiger partial charge in [-0.1, -0.05) is 13.8 Å². The smallest absolute Gasteiger partial charge is 0.306 e. The molecule has 5 fully saturated rings. The number of carbonyl (C=O) groups excluding carboxylic acids is 2. The number of ether oxygens (including phenoxy) is 1. The van der Waals surface area contributed by atoms with Crippen molar-refractivity contribution >= 4 is 17.8 Å². The zero-order valence-electron chi connectivity index (χ0n) is 20.8. The molecular formula is C26H38N4O5. The first-order chi connectivity index (χ1) is 16.8. The van der Waals surface area contributed by atoms with Crippen molar-refractivity contribution in [3.63, 3.8) is 0 Å². The maximum absolute atomic E-state index is 13.4. The average Bonchev–Trinajstić information content (AvgIpc) is 3.21. The molecule has 2 N–H and O–H groups in total. The Bertz CT molecular complexity index is 937. The molecule has 0 unspecified atom stereocenters. The number of hydrogen-bond donors (Lipinski definition) is 2. The highest BCUT2D eigenvalue weighted by atomic mass is 16.5. The van der Waals surface area contributed by atoms with Crippen LogP contribution >= 0.6 is 0 Å². The molecule has 0 radical (unpaired) electrons. The van der Waals surface area contributed by atoms with Gasteiger partial charge in [0.1, 0.15) is 12.1 Å². The summed E-state index contributed by atoms with van der Waals surface area (Å²) in [5.74, 6) is 1.91. The Morgan fingerprint density at radius 3 is 2.29 bits per heavy atom. The van der Waals surface area contributed by atoms with Gasteiger partial charge in [-0.05, 0) is 74.5 Å². The van der Waals surface area contributed by atoms with E-state index in [1.807, 2.05) is 13.8 Å². The van der Waals surface area contributed by atoms with E-state index < -0.39 is 11.9 Å². The maximum atomic E-state index is 13.4. The fraction of sp³-hybridized carbons (Fsp3) is 0.769. The van der Waals surface area contributed by atoms with E-state index in [0.29, 0.717) is 55.8 Å². The van der Waals surface area contributed by atoms with E-state index >= 15 is 0 Å². The summed E-state index contributed by atoms with van der Waals surface area (Å²) in [5, 5.41) is 16.9. The summed E-state index contributed by atoms with van der Waals surface area (Å²) in [6.45, 7) is 5.29. The van der Waals surface area contributed by atoms with Gasteiger partial charge in [0.25, 0.3) is 5.91 Å². The number of carbonyl (C=O) groups is 3. The molecule has 0 atom stereocenters. The predicted octanol–water partition coefficient (Wildman–Crippen LogP) is 2.80. The topological polar surface area (TPSA) is 114 Å². The number of likely N-dealkylation sites (tertiary alicyclic amines) is 1. The van der Waals surface area contributed by atoms with Gasteiger partial charge in [-0.3, -0.25) is 14.4 Å². The van der Waals surface area contributed by atoms with Gasteiger partial charge in [-0.25, -0.2) is 4.68 Å². The number of nitrogens with zero attached hydrogens (tertiary/aromatic N) is 3. The van der Waals surface area contributed by atoms with E-state index in [9.17, 15) is 19.5 Å². The molecule has 1 saturated heterocycles. The average molecular weight is 487 g/mol. The van der Waals surface area contributed by atoms with Crippen LogP contribution in [0.2, 0.25) is 0 Å². The van der Waals surface area contributed by atoms with Gasteiger partial charge in [-0.15, -0.1) is 0 Å². The molecule has 4 aliphatic carbocycles. The molecule has 35 heavy (non-hydrogen) atoms. The molecule has 9 nitrogen and oxygen atoms in total. The van der Waals surface area contributed by atoms with Crippen LogP contribution in [0.25, 0.3) is 0 Å². The number of carboxylic acids is 1. The lowest BCUT2D eigenvalue weighted by molar-refractivity contribution is -0.145. The zero-order chi connectivity index (χ0) is 24.7. The van der Waals surface area contributed by atoms with Crippen molar-refractivity contribution in [3.8, 4) is 5.88 Å². The first-order valence-electron chi connectivity index (χ1n) is 13.3. The summed E-state index contributed by atoms with van der Waals surface area (Å²) in [7, 11) is 0. The predicted molar refractivity (Wildman–Crippen MR) is 128 cm³/mol. The van der Waals surface area contributed by atoms with Crippen LogP contribution in [-0.2, 0) is 16.1 Å². The molecule has 1 aliphatic heterocycles. The van der Waals surface area contributed by atoms with Gasteiger partial charge in [0.05, 0.1) is 18.7 Å². The van der Waals surface area contributed by atoms with Crippen LogP contribution in [0.15, 0.2) is 6.20 Å². The van der Waals surface area contributed by atoms with Crippen molar-refractivity contribution in [1.29, 1.82) is 0 Å². The van der Waals surface area contributed by atoms with E-state index in [2.05, 4.69) is 10.4 Å². The number of hydrogen-bond acceptors (Lipinski definition) is 5. The summed E-state index contributed by atoms with van der Waals surface area (Å²) in [5.41, 5.74) is 0.386. The van der Waals surface area contributed by atoms with Gasteiger partial charge in [0, 0.05) is 19.1 Å². The Morgan fingerprint density at radius 1 is 1.09 bits per heavy atom. The monoisotopic (exact) mass is 486 g/mol. The molecular weight excluding hydrogens is 448 g/mol. The second kappa shape index (κ2) is 9.82. The van der Waals surface area contributed by atoms with E-state index in [1.165, 1.54) is 43.0 Å². The highest BCUT2D eigenvalue weighted by molar-refractivity contribution is 5.96. The molecule has 2 amide bonds. The summed E-state index contributed by atoms with van der Waals surface area (Å²) in [4.78, 5) is 39.3. The number of nitrogens with one attached hydrogen (secondary N) is 1. The Balaban J connectivity index is 1.27. The maximum Gasteiger partial charge on any atom is 0.306 e. The number of rotatable bonds is 8. The summed E-state index contributed by atoms with van der Waals surface area (Å²) >= 11 is 0. The van der Waals surface area contributed by atoms with Gasteiger partial charge in [-0.2, -0.15) is 5.10 Å². The third-order valence-electron chi connectivity index (χ3n) is 8.60. The minimum absolute atomic E-state index is 0.0313. The summed E-state index contributed by atoms with van der Waals surface area (Å²) in [6.07, 6.45) is 8.69. The molecule has 5 aliphatic rings. The van der Waals surface area contributed by atoms with Crippen LogP contribution in [0, 0.1) is 35.5 Å². The quantitative estimate of drug-likeness (QED) is 0.584. The van der Waals surface area contributed by atoms with Gasteiger partial charge in [0.2, 0.25) is 11.8 Å². The molecule has 6 rings (SSSR count). The Labute approximate surface area is 206 Å². The molecule has 9 heteroatoms. The minimum Gasteiger partial charge on any atom is -0.481 e. The standard InChI is InChI=1S/C26H38N4O5/c1-15(2)14-35-25-21(24(32)28-23-19-8-16-7-17(10-19)11-20(23)9-16)12-27-30(25)13-22(31)29-5-3-18(4-6-29)26(33)34/h12,15-20,23H,3-11,13-14H2,1-2H3,(H,28,32)(H,33,34). The number of aliphatic carboxylic acids is 1. The van der Waals surface area contributed by atoms with Crippen molar-refractivity contribution in [2.45, 2.75) is 71.4 Å². The van der Waals surface area contributed by atoms with Gasteiger partial charge >= 0.3 is 5.97 Å².